The van der Waals surface area contributed by atoms with Crippen LogP contribution in [0.4, 0.5) is 5.82 Å². The summed E-state index contributed by atoms with van der Waals surface area (Å²) in [4.78, 5) is 26.4. The molecule has 0 radical (unpaired) electrons. The summed E-state index contributed by atoms with van der Waals surface area (Å²) in [6.45, 7) is 6.75. The summed E-state index contributed by atoms with van der Waals surface area (Å²) in [5.41, 5.74) is 2.55. The first kappa shape index (κ1) is 24.6. The highest BCUT2D eigenvalue weighted by atomic mass is 16.5. The number of hydrogen-bond acceptors (Lipinski definition) is 9. The molecule has 3 N–H and O–H groups in total. The summed E-state index contributed by atoms with van der Waals surface area (Å²) in [6.07, 6.45) is 3.91. The second kappa shape index (κ2) is 12.2. The van der Waals surface area contributed by atoms with Gasteiger partial charge in [-0.05, 0) is 25.5 Å². The van der Waals surface area contributed by atoms with Gasteiger partial charge in [-0.1, -0.05) is 6.92 Å². The van der Waals surface area contributed by atoms with Crippen molar-refractivity contribution in [3.05, 3.63) is 40.9 Å². The molecule has 3 heterocycles. The Morgan fingerprint density at radius 3 is 2.67 bits per heavy atom. The lowest BCUT2D eigenvalue weighted by molar-refractivity contribution is 0.127. The lowest BCUT2D eigenvalue weighted by Gasteiger charge is -2.14. The topological polar surface area (TPSA) is 123 Å². The molecule has 0 aliphatic carbocycles. The second-order valence-electron chi connectivity index (χ2n) is 7.67. The van der Waals surface area contributed by atoms with Crippen molar-refractivity contribution in [1.82, 2.24) is 24.8 Å². The van der Waals surface area contributed by atoms with E-state index in [-0.39, 0.29) is 11.4 Å². The minimum absolute atomic E-state index is 0.232. The largest absolute Gasteiger partial charge is 0.481 e. The molecule has 0 saturated heterocycles. The molecule has 0 fully saturated rings. The molecular weight excluding hydrogens is 424 g/mol. The second-order valence-corrected chi connectivity index (χ2v) is 7.67. The van der Waals surface area contributed by atoms with Crippen molar-refractivity contribution in [1.29, 1.82) is 0 Å². The third-order valence-corrected chi connectivity index (χ3v) is 4.92. The van der Waals surface area contributed by atoms with Crippen molar-refractivity contribution in [2.24, 2.45) is 0 Å². The van der Waals surface area contributed by atoms with E-state index in [1.54, 1.807) is 37.1 Å². The SMILES string of the molecule is CCCOCCn1c(=O)c(NCCNC[C@H](C)O)nc2ncc(-c3ccc(OC)nc3)cc21. The van der Waals surface area contributed by atoms with E-state index in [1.807, 2.05) is 19.1 Å². The third-order valence-electron chi connectivity index (χ3n) is 4.92. The molecule has 0 spiro atoms. The van der Waals surface area contributed by atoms with E-state index >= 15 is 0 Å². The van der Waals surface area contributed by atoms with Crippen molar-refractivity contribution >= 4 is 17.0 Å². The number of hydrogen-bond donors (Lipinski definition) is 3. The Balaban J connectivity index is 1.90. The van der Waals surface area contributed by atoms with Crippen molar-refractivity contribution < 1.29 is 14.6 Å². The van der Waals surface area contributed by atoms with Crippen LogP contribution in [-0.2, 0) is 11.3 Å². The summed E-state index contributed by atoms with van der Waals surface area (Å²) in [5.74, 6) is 0.765. The van der Waals surface area contributed by atoms with Crippen LogP contribution in [-0.4, -0.2) is 70.7 Å². The average Bonchev–Trinajstić information content (AvgIpc) is 2.82. The number of aliphatic hydroxyl groups excluding tert-OH is 1. The standard InChI is InChI=1S/C23H32N6O4/c1-4-10-33-11-9-29-19-12-18(17-5-6-20(32-3)26-14-17)15-27-21(19)28-22(23(29)31)25-8-7-24-13-16(2)30/h5-6,12,14-16,24,30H,4,7-11,13H2,1-3H3,(H,25,27,28)/t16-/m0/s1. The van der Waals surface area contributed by atoms with Crippen molar-refractivity contribution in [3.8, 4) is 17.0 Å². The van der Waals surface area contributed by atoms with Gasteiger partial charge in [-0.15, -0.1) is 0 Å². The van der Waals surface area contributed by atoms with Gasteiger partial charge in [0.25, 0.3) is 5.56 Å². The quantitative estimate of drug-likeness (QED) is 0.330. The van der Waals surface area contributed by atoms with E-state index in [4.69, 9.17) is 9.47 Å². The van der Waals surface area contributed by atoms with Crippen LogP contribution in [0.25, 0.3) is 22.3 Å². The average molecular weight is 457 g/mol. The highest BCUT2D eigenvalue weighted by Gasteiger charge is 2.13. The molecule has 10 nitrogen and oxygen atoms in total. The van der Waals surface area contributed by atoms with Gasteiger partial charge in [-0.2, -0.15) is 0 Å². The van der Waals surface area contributed by atoms with E-state index in [1.165, 1.54) is 0 Å². The zero-order valence-electron chi connectivity index (χ0n) is 19.4. The van der Waals surface area contributed by atoms with Gasteiger partial charge >= 0.3 is 0 Å². The van der Waals surface area contributed by atoms with Gasteiger partial charge in [0.1, 0.15) is 0 Å². The molecule has 33 heavy (non-hydrogen) atoms. The minimum atomic E-state index is -0.427. The number of rotatable bonds is 13. The van der Waals surface area contributed by atoms with Crippen LogP contribution in [0.15, 0.2) is 35.4 Å². The van der Waals surface area contributed by atoms with E-state index in [0.29, 0.717) is 56.4 Å². The fourth-order valence-corrected chi connectivity index (χ4v) is 3.27. The van der Waals surface area contributed by atoms with E-state index in [0.717, 1.165) is 17.5 Å². The smallest absolute Gasteiger partial charge is 0.293 e. The van der Waals surface area contributed by atoms with Crippen molar-refractivity contribution in [2.45, 2.75) is 32.9 Å². The summed E-state index contributed by atoms with van der Waals surface area (Å²) >= 11 is 0. The normalized spacial score (nSPS) is 12.1. The van der Waals surface area contributed by atoms with Gasteiger partial charge in [0.15, 0.2) is 11.5 Å². The van der Waals surface area contributed by atoms with E-state index in [9.17, 15) is 9.90 Å². The fourth-order valence-electron chi connectivity index (χ4n) is 3.27. The van der Waals surface area contributed by atoms with Crippen LogP contribution in [0.2, 0.25) is 0 Å². The molecule has 0 bridgehead atoms. The van der Waals surface area contributed by atoms with Gasteiger partial charge in [0, 0.05) is 62.4 Å². The molecule has 10 heteroatoms. The molecule has 0 aromatic carbocycles. The molecule has 0 aliphatic heterocycles. The van der Waals surface area contributed by atoms with Gasteiger partial charge < -0.3 is 25.2 Å². The molecule has 3 rings (SSSR count). The Hall–Kier alpha value is -3.08. The summed E-state index contributed by atoms with van der Waals surface area (Å²) in [5, 5.41) is 15.5. The molecule has 3 aromatic rings. The lowest BCUT2D eigenvalue weighted by Crippen LogP contribution is -2.32. The summed E-state index contributed by atoms with van der Waals surface area (Å²) in [6, 6.07) is 5.57. The zero-order chi connectivity index (χ0) is 23.6. The van der Waals surface area contributed by atoms with Crippen LogP contribution >= 0.6 is 0 Å². The van der Waals surface area contributed by atoms with Crippen molar-refractivity contribution in [3.63, 3.8) is 0 Å². The maximum atomic E-state index is 13.2. The molecular formula is C23H32N6O4. The van der Waals surface area contributed by atoms with Crippen LogP contribution in [0.1, 0.15) is 20.3 Å². The first-order chi connectivity index (χ1) is 16.0. The first-order valence-electron chi connectivity index (χ1n) is 11.1. The molecule has 1 atom stereocenters. The Bertz CT molecular complexity index is 1080. The maximum Gasteiger partial charge on any atom is 0.293 e. The van der Waals surface area contributed by atoms with Crippen molar-refractivity contribution in [2.75, 3.05) is 45.3 Å². The number of aliphatic hydroxyl groups is 1. The molecule has 0 unspecified atom stereocenters. The van der Waals surface area contributed by atoms with Gasteiger partial charge in [-0.25, -0.2) is 15.0 Å². The number of fused-ring (bicyclic) bond motifs is 1. The zero-order valence-corrected chi connectivity index (χ0v) is 19.4. The number of methoxy groups -OCH3 is 1. The summed E-state index contributed by atoms with van der Waals surface area (Å²) < 4.78 is 12.4. The van der Waals surface area contributed by atoms with Crippen LogP contribution in [0, 0.1) is 0 Å². The number of nitrogens with one attached hydrogen (secondary N) is 2. The highest BCUT2D eigenvalue weighted by Crippen LogP contribution is 2.23. The fraction of sp³-hybridized carbons (Fsp3) is 0.478. The Morgan fingerprint density at radius 1 is 1.15 bits per heavy atom. The van der Waals surface area contributed by atoms with Gasteiger partial charge in [-0.3, -0.25) is 9.36 Å². The number of nitrogens with zero attached hydrogens (tertiary/aromatic N) is 4. The third kappa shape index (κ3) is 6.70. The van der Waals surface area contributed by atoms with Gasteiger partial charge in [0.05, 0.1) is 25.3 Å². The highest BCUT2D eigenvalue weighted by molar-refractivity contribution is 5.78. The number of anilines is 1. The molecule has 0 amide bonds. The maximum absolute atomic E-state index is 13.2. The van der Waals surface area contributed by atoms with E-state index in [2.05, 4.69) is 25.6 Å². The Kier molecular flexibility index (Phi) is 9.11. The molecule has 3 aromatic heterocycles. The van der Waals surface area contributed by atoms with Crippen LogP contribution < -0.4 is 20.9 Å². The van der Waals surface area contributed by atoms with Gasteiger partial charge in [0.2, 0.25) is 5.88 Å². The Morgan fingerprint density at radius 2 is 1.97 bits per heavy atom. The molecule has 0 aliphatic rings. The molecule has 0 saturated carbocycles. The number of aromatic nitrogens is 4. The first-order valence-corrected chi connectivity index (χ1v) is 11.1. The minimum Gasteiger partial charge on any atom is -0.481 e. The van der Waals surface area contributed by atoms with E-state index < -0.39 is 6.10 Å². The number of pyridine rings is 2. The summed E-state index contributed by atoms with van der Waals surface area (Å²) in [7, 11) is 1.57. The van der Waals surface area contributed by atoms with Crippen LogP contribution in [0.5, 0.6) is 5.88 Å². The predicted molar refractivity (Wildman–Crippen MR) is 128 cm³/mol. The number of ether oxygens (including phenoxy) is 2. The monoisotopic (exact) mass is 456 g/mol. The Labute approximate surface area is 193 Å². The predicted octanol–water partition coefficient (Wildman–Crippen LogP) is 1.67. The lowest BCUT2D eigenvalue weighted by atomic mass is 10.1. The molecule has 178 valence electrons. The van der Waals surface area contributed by atoms with Crippen LogP contribution in [0.3, 0.4) is 0 Å².